The molecule has 1 saturated carbocycles. The predicted molar refractivity (Wildman–Crippen MR) is 71.3 cm³/mol. The quantitative estimate of drug-likeness (QED) is 0.497. The summed E-state index contributed by atoms with van der Waals surface area (Å²) in [7, 11) is 0. The van der Waals surface area contributed by atoms with Gasteiger partial charge in [-0.25, -0.2) is 0 Å². The Morgan fingerprint density at radius 1 is 1.33 bits per heavy atom. The van der Waals surface area contributed by atoms with Crippen molar-refractivity contribution >= 4 is 22.6 Å². The average molecular weight is 316 g/mol. The Morgan fingerprint density at radius 3 is 2.53 bits per heavy atom. The Morgan fingerprint density at radius 2 is 2.00 bits per heavy atom. The molecule has 1 aliphatic rings. The first kappa shape index (κ1) is 11.4. The first-order valence-electron chi connectivity index (χ1n) is 5.48. The molecule has 1 aliphatic carbocycles. The summed E-state index contributed by atoms with van der Waals surface area (Å²) in [5, 5.41) is 0. The lowest BCUT2D eigenvalue weighted by Gasteiger charge is -2.15. The van der Waals surface area contributed by atoms with Gasteiger partial charge in [0.15, 0.2) is 0 Å². The van der Waals surface area contributed by atoms with Gasteiger partial charge in [-0.3, -0.25) is 11.3 Å². The second kappa shape index (κ2) is 5.27. The molecular weight excluding hydrogens is 299 g/mol. The van der Waals surface area contributed by atoms with E-state index in [1.807, 2.05) is 0 Å². The third-order valence-corrected chi connectivity index (χ3v) is 3.67. The minimum Gasteiger partial charge on any atom is -0.271 e. The second-order valence-corrected chi connectivity index (χ2v) is 5.62. The molecule has 1 aromatic rings. The van der Waals surface area contributed by atoms with Crippen molar-refractivity contribution in [3.8, 4) is 0 Å². The zero-order chi connectivity index (χ0) is 10.7. The van der Waals surface area contributed by atoms with Crippen LogP contribution in [0.2, 0.25) is 0 Å². The van der Waals surface area contributed by atoms with Crippen LogP contribution in [-0.2, 0) is 6.42 Å². The van der Waals surface area contributed by atoms with Crippen LogP contribution in [0.5, 0.6) is 0 Å². The number of hydrogen-bond donors (Lipinski definition) is 2. The zero-order valence-electron chi connectivity index (χ0n) is 8.75. The number of nitrogens with one attached hydrogen (secondary N) is 1. The number of hydrogen-bond acceptors (Lipinski definition) is 2. The lowest BCUT2D eigenvalue weighted by molar-refractivity contribution is 0.466. The van der Waals surface area contributed by atoms with E-state index in [0.29, 0.717) is 6.04 Å². The van der Waals surface area contributed by atoms with E-state index in [0.717, 1.165) is 12.3 Å². The van der Waals surface area contributed by atoms with Gasteiger partial charge in [-0.05, 0) is 59.0 Å². The van der Waals surface area contributed by atoms with Crippen LogP contribution in [0, 0.1) is 9.49 Å². The fraction of sp³-hybridized carbons (Fsp3) is 0.500. The van der Waals surface area contributed by atoms with E-state index in [4.69, 9.17) is 5.84 Å². The summed E-state index contributed by atoms with van der Waals surface area (Å²) in [6.45, 7) is 0. The van der Waals surface area contributed by atoms with Gasteiger partial charge in [0.1, 0.15) is 0 Å². The number of rotatable bonds is 5. The summed E-state index contributed by atoms with van der Waals surface area (Å²) in [5.74, 6) is 6.50. The maximum Gasteiger partial charge on any atom is 0.0253 e. The topological polar surface area (TPSA) is 38.0 Å². The predicted octanol–water partition coefficient (Wildman–Crippen LogP) is 2.47. The summed E-state index contributed by atoms with van der Waals surface area (Å²) < 4.78 is 1.29. The molecule has 1 unspecified atom stereocenters. The molecule has 0 spiro atoms. The molecule has 0 bridgehead atoms. The van der Waals surface area contributed by atoms with E-state index in [2.05, 4.69) is 52.3 Å². The Balaban J connectivity index is 1.89. The first-order chi connectivity index (χ1) is 7.28. The number of halogens is 1. The maximum atomic E-state index is 5.58. The van der Waals surface area contributed by atoms with Crippen molar-refractivity contribution in [2.45, 2.75) is 31.7 Å². The van der Waals surface area contributed by atoms with Gasteiger partial charge in [0.25, 0.3) is 0 Å². The Hall–Kier alpha value is -0.130. The van der Waals surface area contributed by atoms with Crippen molar-refractivity contribution in [3.05, 3.63) is 33.4 Å². The summed E-state index contributed by atoms with van der Waals surface area (Å²) >= 11 is 2.33. The fourth-order valence-corrected chi connectivity index (χ4v) is 2.23. The SMILES string of the molecule is NNC(Cc1ccc(I)cc1)CC1CC1. The maximum absolute atomic E-state index is 5.58. The molecule has 1 aromatic carbocycles. The van der Waals surface area contributed by atoms with Gasteiger partial charge in [0.2, 0.25) is 0 Å². The summed E-state index contributed by atoms with van der Waals surface area (Å²) in [6.07, 6.45) is 5.06. The van der Waals surface area contributed by atoms with Crippen molar-refractivity contribution in [2.24, 2.45) is 11.8 Å². The Bertz CT molecular complexity index is 306. The summed E-state index contributed by atoms with van der Waals surface area (Å²) in [4.78, 5) is 0. The molecule has 0 radical (unpaired) electrons. The molecule has 3 heteroatoms. The monoisotopic (exact) mass is 316 g/mol. The van der Waals surface area contributed by atoms with Gasteiger partial charge in [0, 0.05) is 9.61 Å². The third kappa shape index (κ3) is 3.74. The minimum absolute atomic E-state index is 0.442. The highest BCUT2D eigenvalue weighted by atomic mass is 127. The molecule has 0 heterocycles. The molecule has 0 aliphatic heterocycles. The molecule has 0 aromatic heterocycles. The van der Waals surface area contributed by atoms with E-state index in [1.54, 1.807) is 0 Å². The van der Waals surface area contributed by atoms with Crippen molar-refractivity contribution < 1.29 is 0 Å². The van der Waals surface area contributed by atoms with Crippen LogP contribution in [-0.4, -0.2) is 6.04 Å². The number of nitrogens with two attached hydrogens (primary N) is 1. The Labute approximate surface area is 105 Å². The van der Waals surface area contributed by atoms with E-state index < -0.39 is 0 Å². The van der Waals surface area contributed by atoms with E-state index >= 15 is 0 Å². The third-order valence-electron chi connectivity index (χ3n) is 2.95. The second-order valence-electron chi connectivity index (χ2n) is 4.37. The van der Waals surface area contributed by atoms with Crippen molar-refractivity contribution in [3.63, 3.8) is 0 Å². The van der Waals surface area contributed by atoms with Gasteiger partial charge in [-0.1, -0.05) is 25.0 Å². The van der Waals surface area contributed by atoms with Crippen LogP contribution in [0.1, 0.15) is 24.8 Å². The zero-order valence-corrected chi connectivity index (χ0v) is 10.9. The van der Waals surface area contributed by atoms with Gasteiger partial charge in [-0.15, -0.1) is 0 Å². The fourth-order valence-electron chi connectivity index (χ4n) is 1.87. The normalized spacial score (nSPS) is 17.7. The molecule has 15 heavy (non-hydrogen) atoms. The highest BCUT2D eigenvalue weighted by Crippen LogP contribution is 2.33. The molecule has 1 fully saturated rings. The smallest absolute Gasteiger partial charge is 0.0253 e. The molecule has 2 rings (SSSR count). The van der Waals surface area contributed by atoms with Crippen LogP contribution in [0.15, 0.2) is 24.3 Å². The van der Waals surface area contributed by atoms with Gasteiger partial charge in [0.05, 0.1) is 0 Å². The largest absolute Gasteiger partial charge is 0.271 e. The van der Waals surface area contributed by atoms with Gasteiger partial charge >= 0.3 is 0 Å². The highest BCUT2D eigenvalue weighted by Gasteiger charge is 2.24. The van der Waals surface area contributed by atoms with E-state index in [9.17, 15) is 0 Å². The van der Waals surface area contributed by atoms with Crippen LogP contribution in [0.4, 0.5) is 0 Å². The standard InChI is InChI=1S/C12H17IN2/c13-11-5-3-10(4-6-11)8-12(15-14)7-9-1-2-9/h3-6,9,12,15H,1-2,7-8,14H2. The highest BCUT2D eigenvalue weighted by molar-refractivity contribution is 14.1. The molecule has 82 valence electrons. The molecule has 0 saturated heterocycles. The van der Waals surface area contributed by atoms with Gasteiger partial charge in [-0.2, -0.15) is 0 Å². The minimum atomic E-state index is 0.442. The molecule has 2 nitrogen and oxygen atoms in total. The molecule has 0 amide bonds. The average Bonchev–Trinajstić information content (AvgIpc) is 3.04. The lowest BCUT2D eigenvalue weighted by atomic mass is 10.0. The lowest BCUT2D eigenvalue weighted by Crippen LogP contribution is -2.37. The molecule has 1 atom stereocenters. The van der Waals surface area contributed by atoms with Crippen LogP contribution < -0.4 is 11.3 Å². The summed E-state index contributed by atoms with van der Waals surface area (Å²) in [6, 6.07) is 9.14. The van der Waals surface area contributed by atoms with Crippen molar-refractivity contribution in [1.29, 1.82) is 0 Å². The van der Waals surface area contributed by atoms with Crippen LogP contribution >= 0.6 is 22.6 Å². The van der Waals surface area contributed by atoms with Crippen molar-refractivity contribution in [2.75, 3.05) is 0 Å². The van der Waals surface area contributed by atoms with Crippen LogP contribution in [0.3, 0.4) is 0 Å². The summed E-state index contributed by atoms with van der Waals surface area (Å²) in [5.41, 5.74) is 4.31. The van der Waals surface area contributed by atoms with E-state index in [1.165, 1.54) is 28.4 Å². The number of hydrazine groups is 1. The number of benzene rings is 1. The van der Waals surface area contributed by atoms with E-state index in [-0.39, 0.29) is 0 Å². The van der Waals surface area contributed by atoms with Crippen LogP contribution in [0.25, 0.3) is 0 Å². The Kier molecular flexibility index (Phi) is 3.99. The van der Waals surface area contributed by atoms with Gasteiger partial charge < -0.3 is 0 Å². The first-order valence-corrected chi connectivity index (χ1v) is 6.56. The van der Waals surface area contributed by atoms with Crippen molar-refractivity contribution in [1.82, 2.24) is 5.43 Å². The molecule has 3 N–H and O–H groups in total. The molecular formula is C12H17IN2.